The Morgan fingerprint density at radius 2 is 1.84 bits per heavy atom. The zero-order valence-corrected chi connectivity index (χ0v) is 12.3. The van der Waals surface area contributed by atoms with E-state index >= 15 is 0 Å². The van der Waals surface area contributed by atoms with E-state index < -0.39 is 0 Å². The normalized spacial score (nSPS) is 10.0. The number of benzene rings is 2. The predicted octanol–water partition coefficient (Wildman–Crippen LogP) is 4.15. The third-order valence-electron chi connectivity index (χ3n) is 2.45. The summed E-state index contributed by atoms with van der Waals surface area (Å²) >= 11 is 9.34. The quantitative estimate of drug-likeness (QED) is 0.878. The standard InChI is InChI=1S/C14H12BrClN2O/c15-14-11(16)7-4-8-12(14)17-9-13(19)18-10-5-2-1-3-6-10/h1-8,17H,9H2,(H,18,19). The first-order chi connectivity index (χ1) is 9.16. The molecule has 2 rings (SSSR count). The van der Waals surface area contributed by atoms with Crippen molar-refractivity contribution in [3.05, 3.63) is 58.0 Å². The van der Waals surface area contributed by atoms with Gasteiger partial charge in [0, 0.05) is 5.69 Å². The molecule has 0 fully saturated rings. The van der Waals surface area contributed by atoms with Gasteiger partial charge in [0.25, 0.3) is 0 Å². The minimum atomic E-state index is -0.113. The number of halogens is 2. The first kappa shape index (κ1) is 13.9. The second-order valence-electron chi connectivity index (χ2n) is 3.87. The molecule has 3 nitrogen and oxygen atoms in total. The maximum Gasteiger partial charge on any atom is 0.243 e. The highest BCUT2D eigenvalue weighted by Gasteiger charge is 2.06. The van der Waals surface area contributed by atoms with Crippen LogP contribution in [0.25, 0.3) is 0 Å². The lowest BCUT2D eigenvalue weighted by atomic mass is 10.3. The SMILES string of the molecule is O=C(CNc1cccc(Cl)c1Br)Nc1ccccc1. The number of hydrogen-bond acceptors (Lipinski definition) is 2. The Balaban J connectivity index is 1.92. The van der Waals surface area contributed by atoms with Gasteiger partial charge in [-0.3, -0.25) is 4.79 Å². The summed E-state index contributed by atoms with van der Waals surface area (Å²) in [6.07, 6.45) is 0. The maximum atomic E-state index is 11.8. The molecule has 0 aliphatic rings. The molecule has 0 aliphatic heterocycles. The van der Waals surface area contributed by atoms with Crippen LogP contribution < -0.4 is 10.6 Å². The van der Waals surface area contributed by atoms with Gasteiger partial charge >= 0.3 is 0 Å². The second-order valence-corrected chi connectivity index (χ2v) is 5.07. The van der Waals surface area contributed by atoms with Gasteiger partial charge in [-0.1, -0.05) is 35.9 Å². The second kappa shape index (κ2) is 6.59. The summed E-state index contributed by atoms with van der Waals surface area (Å²) in [6, 6.07) is 14.8. The molecule has 0 radical (unpaired) electrons. The number of rotatable bonds is 4. The van der Waals surface area contributed by atoms with Crippen molar-refractivity contribution >= 4 is 44.8 Å². The number of carbonyl (C=O) groups is 1. The van der Waals surface area contributed by atoms with Gasteiger partial charge in [0.2, 0.25) is 5.91 Å². The summed E-state index contributed by atoms with van der Waals surface area (Å²) in [5, 5.41) is 6.43. The molecule has 0 aliphatic carbocycles. The average Bonchev–Trinajstić information content (AvgIpc) is 2.42. The highest BCUT2D eigenvalue weighted by molar-refractivity contribution is 9.10. The van der Waals surface area contributed by atoms with Crippen LogP contribution in [0.1, 0.15) is 0 Å². The monoisotopic (exact) mass is 338 g/mol. The van der Waals surface area contributed by atoms with Crippen LogP contribution in [0.15, 0.2) is 53.0 Å². The van der Waals surface area contributed by atoms with Crippen LogP contribution in [-0.2, 0) is 4.79 Å². The van der Waals surface area contributed by atoms with E-state index in [0.29, 0.717) is 5.02 Å². The maximum absolute atomic E-state index is 11.8. The highest BCUT2D eigenvalue weighted by atomic mass is 79.9. The highest BCUT2D eigenvalue weighted by Crippen LogP contribution is 2.29. The van der Waals surface area contributed by atoms with Crippen molar-refractivity contribution < 1.29 is 4.79 Å². The van der Waals surface area contributed by atoms with E-state index in [9.17, 15) is 4.79 Å². The molecular formula is C14H12BrClN2O. The van der Waals surface area contributed by atoms with Crippen LogP contribution in [-0.4, -0.2) is 12.5 Å². The smallest absolute Gasteiger partial charge is 0.243 e. The zero-order valence-electron chi connectivity index (χ0n) is 9.99. The molecule has 0 bridgehead atoms. The van der Waals surface area contributed by atoms with E-state index in [1.54, 1.807) is 6.07 Å². The van der Waals surface area contributed by atoms with Gasteiger partial charge in [0.15, 0.2) is 0 Å². The lowest BCUT2D eigenvalue weighted by Crippen LogP contribution is -2.21. The summed E-state index contributed by atoms with van der Waals surface area (Å²) in [5.74, 6) is -0.113. The van der Waals surface area contributed by atoms with Crippen molar-refractivity contribution in [2.45, 2.75) is 0 Å². The molecule has 0 aromatic heterocycles. The molecule has 0 saturated heterocycles. The van der Waals surface area contributed by atoms with Crippen molar-refractivity contribution in [1.29, 1.82) is 0 Å². The number of carbonyl (C=O) groups excluding carboxylic acids is 1. The zero-order chi connectivity index (χ0) is 13.7. The van der Waals surface area contributed by atoms with E-state index in [-0.39, 0.29) is 12.5 Å². The van der Waals surface area contributed by atoms with Crippen LogP contribution >= 0.6 is 27.5 Å². The van der Waals surface area contributed by atoms with E-state index in [0.717, 1.165) is 15.8 Å². The lowest BCUT2D eigenvalue weighted by Gasteiger charge is -2.10. The molecule has 2 aromatic carbocycles. The predicted molar refractivity (Wildman–Crippen MR) is 82.7 cm³/mol. The first-order valence-electron chi connectivity index (χ1n) is 5.69. The van der Waals surface area contributed by atoms with Gasteiger partial charge < -0.3 is 10.6 Å². The van der Waals surface area contributed by atoms with Crippen molar-refractivity contribution in [2.75, 3.05) is 17.2 Å². The Hall–Kier alpha value is -1.52. The van der Waals surface area contributed by atoms with Crippen LogP contribution in [0.2, 0.25) is 5.02 Å². The summed E-state index contributed by atoms with van der Waals surface area (Å²) < 4.78 is 0.754. The van der Waals surface area contributed by atoms with Crippen LogP contribution in [0.3, 0.4) is 0 Å². The molecule has 0 unspecified atom stereocenters. The molecule has 0 atom stereocenters. The summed E-state index contributed by atoms with van der Waals surface area (Å²) in [4.78, 5) is 11.8. The Kier molecular flexibility index (Phi) is 4.82. The van der Waals surface area contributed by atoms with Gasteiger partial charge in [-0.15, -0.1) is 0 Å². The number of anilines is 2. The van der Waals surface area contributed by atoms with Gasteiger partial charge in [0.1, 0.15) is 0 Å². The first-order valence-corrected chi connectivity index (χ1v) is 6.86. The summed E-state index contributed by atoms with van der Waals surface area (Å²) in [6.45, 7) is 0.174. The van der Waals surface area contributed by atoms with Crippen LogP contribution in [0, 0.1) is 0 Å². The molecule has 2 N–H and O–H groups in total. The van der Waals surface area contributed by atoms with Crippen molar-refractivity contribution in [1.82, 2.24) is 0 Å². The Labute approximate surface area is 125 Å². The van der Waals surface area contributed by atoms with Crippen LogP contribution in [0.5, 0.6) is 0 Å². The molecule has 0 saturated carbocycles. The molecule has 98 valence electrons. The topological polar surface area (TPSA) is 41.1 Å². The molecular weight excluding hydrogens is 328 g/mol. The fourth-order valence-corrected chi connectivity index (χ4v) is 2.12. The van der Waals surface area contributed by atoms with Crippen molar-refractivity contribution in [3.63, 3.8) is 0 Å². The third kappa shape index (κ3) is 3.98. The summed E-state index contributed by atoms with van der Waals surface area (Å²) in [5.41, 5.74) is 1.56. The van der Waals surface area contributed by atoms with Gasteiger partial charge in [-0.2, -0.15) is 0 Å². The van der Waals surface area contributed by atoms with E-state index in [2.05, 4.69) is 26.6 Å². The Morgan fingerprint density at radius 1 is 1.11 bits per heavy atom. The van der Waals surface area contributed by atoms with Gasteiger partial charge in [-0.05, 0) is 40.2 Å². The minimum absolute atomic E-state index is 0.113. The number of nitrogens with one attached hydrogen (secondary N) is 2. The number of amides is 1. The fraction of sp³-hybridized carbons (Fsp3) is 0.0714. The Bertz CT molecular complexity index is 575. The van der Waals surface area contributed by atoms with Crippen molar-refractivity contribution in [2.24, 2.45) is 0 Å². The van der Waals surface area contributed by atoms with E-state index in [1.165, 1.54) is 0 Å². The average molecular weight is 340 g/mol. The molecule has 19 heavy (non-hydrogen) atoms. The van der Waals surface area contributed by atoms with E-state index in [4.69, 9.17) is 11.6 Å². The lowest BCUT2D eigenvalue weighted by molar-refractivity contribution is -0.114. The molecule has 0 spiro atoms. The van der Waals surface area contributed by atoms with Gasteiger partial charge in [-0.25, -0.2) is 0 Å². The molecule has 0 heterocycles. The van der Waals surface area contributed by atoms with Gasteiger partial charge in [0.05, 0.1) is 21.7 Å². The Morgan fingerprint density at radius 3 is 2.58 bits per heavy atom. The largest absolute Gasteiger partial charge is 0.375 e. The molecule has 1 amide bonds. The fourth-order valence-electron chi connectivity index (χ4n) is 1.54. The van der Waals surface area contributed by atoms with Crippen molar-refractivity contribution in [3.8, 4) is 0 Å². The van der Waals surface area contributed by atoms with Crippen LogP contribution in [0.4, 0.5) is 11.4 Å². The summed E-state index contributed by atoms with van der Waals surface area (Å²) in [7, 11) is 0. The van der Waals surface area contributed by atoms with E-state index in [1.807, 2.05) is 42.5 Å². The number of hydrogen-bond donors (Lipinski definition) is 2. The molecule has 5 heteroatoms. The minimum Gasteiger partial charge on any atom is -0.375 e. The number of para-hydroxylation sites is 1. The molecule has 2 aromatic rings. The third-order valence-corrected chi connectivity index (χ3v) is 3.85.